The molecule has 1 fully saturated rings. The van der Waals surface area contributed by atoms with Crippen molar-refractivity contribution in [3.63, 3.8) is 0 Å². The van der Waals surface area contributed by atoms with E-state index in [1.807, 2.05) is 14.1 Å². The molecule has 1 aromatic heterocycles. The predicted molar refractivity (Wildman–Crippen MR) is 108 cm³/mol. The van der Waals surface area contributed by atoms with Gasteiger partial charge in [0.1, 0.15) is 29.1 Å². The number of ether oxygens (including phenoxy) is 1. The highest BCUT2D eigenvalue weighted by Gasteiger charge is 2.47. The Hall–Kier alpha value is -2.77. The van der Waals surface area contributed by atoms with Crippen LogP contribution >= 0.6 is 11.6 Å². The SMILES string of the molecule is COc1ccc(C(O)=C2C(=O)C(=O)N(CC[NH+](C)C)[C@H]2c2ccc(C)o2)cc1Cl. The van der Waals surface area contributed by atoms with Crippen LogP contribution in [0.3, 0.4) is 0 Å². The molecule has 0 aliphatic carbocycles. The van der Waals surface area contributed by atoms with Crippen LogP contribution < -0.4 is 9.64 Å². The Morgan fingerprint density at radius 3 is 2.55 bits per heavy atom. The van der Waals surface area contributed by atoms with Gasteiger partial charge in [-0.3, -0.25) is 9.59 Å². The topological polar surface area (TPSA) is 84.4 Å². The summed E-state index contributed by atoms with van der Waals surface area (Å²) in [6.45, 7) is 2.76. The Labute approximate surface area is 174 Å². The van der Waals surface area contributed by atoms with Crippen molar-refractivity contribution in [2.45, 2.75) is 13.0 Å². The summed E-state index contributed by atoms with van der Waals surface area (Å²) in [4.78, 5) is 28.2. The first-order valence-electron chi connectivity index (χ1n) is 9.22. The summed E-state index contributed by atoms with van der Waals surface area (Å²) < 4.78 is 10.9. The average Bonchev–Trinajstić information content (AvgIpc) is 3.21. The molecule has 154 valence electrons. The van der Waals surface area contributed by atoms with Crippen LogP contribution in [0.5, 0.6) is 5.75 Å². The fraction of sp³-hybridized carbons (Fsp3) is 0.333. The summed E-state index contributed by atoms with van der Waals surface area (Å²) in [5.41, 5.74) is 0.305. The van der Waals surface area contributed by atoms with Crippen LogP contribution in [0.4, 0.5) is 0 Å². The number of benzene rings is 1. The van der Waals surface area contributed by atoms with Gasteiger partial charge in [-0.25, -0.2) is 0 Å². The molecule has 1 aromatic carbocycles. The summed E-state index contributed by atoms with van der Waals surface area (Å²) in [5, 5.41) is 11.2. The van der Waals surface area contributed by atoms with Gasteiger partial charge in [0.25, 0.3) is 11.7 Å². The largest absolute Gasteiger partial charge is 0.507 e. The molecule has 1 aliphatic heterocycles. The molecule has 2 heterocycles. The van der Waals surface area contributed by atoms with Gasteiger partial charge in [0.05, 0.1) is 44.9 Å². The second kappa shape index (κ2) is 8.31. The number of carbonyl (C=O) groups excluding carboxylic acids is 2. The monoisotopic (exact) mass is 419 g/mol. The number of methoxy groups -OCH3 is 1. The van der Waals surface area contributed by atoms with Gasteiger partial charge in [-0.1, -0.05) is 11.6 Å². The fourth-order valence-corrected chi connectivity index (χ4v) is 3.58. The van der Waals surface area contributed by atoms with Gasteiger partial charge in [-0.05, 0) is 37.3 Å². The maximum atomic E-state index is 12.9. The molecule has 1 atom stereocenters. The molecule has 8 heteroatoms. The molecule has 29 heavy (non-hydrogen) atoms. The molecule has 2 aromatic rings. The zero-order valence-electron chi connectivity index (χ0n) is 16.8. The number of rotatable bonds is 6. The van der Waals surface area contributed by atoms with Crippen molar-refractivity contribution < 1.29 is 28.7 Å². The maximum Gasteiger partial charge on any atom is 0.295 e. The van der Waals surface area contributed by atoms with E-state index in [0.29, 0.717) is 35.9 Å². The number of aryl methyl sites for hydroxylation is 1. The number of amides is 1. The third kappa shape index (κ3) is 4.02. The highest BCUT2D eigenvalue weighted by atomic mass is 35.5. The molecular weight excluding hydrogens is 396 g/mol. The Morgan fingerprint density at radius 2 is 2.00 bits per heavy atom. The third-order valence-corrected chi connectivity index (χ3v) is 5.14. The molecule has 0 spiro atoms. The fourth-order valence-electron chi connectivity index (χ4n) is 3.32. The molecule has 1 aliphatic rings. The highest BCUT2D eigenvalue weighted by Crippen LogP contribution is 2.40. The summed E-state index contributed by atoms with van der Waals surface area (Å²) in [6.07, 6.45) is 0. The van der Waals surface area contributed by atoms with Crippen LogP contribution in [0, 0.1) is 6.92 Å². The Kier molecular flexibility index (Phi) is 6.00. The van der Waals surface area contributed by atoms with Crippen LogP contribution in [-0.4, -0.2) is 56.0 Å². The lowest BCUT2D eigenvalue weighted by Gasteiger charge is -2.23. The lowest BCUT2D eigenvalue weighted by molar-refractivity contribution is -0.857. The van der Waals surface area contributed by atoms with Gasteiger partial charge in [-0.15, -0.1) is 0 Å². The first kappa shape index (κ1) is 21.0. The number of hydrogen-bond donors (Lipinski definition) is 2. The van der Waals surface area contributed by atoms with Crippen molar-refractivity contribution in [2.75, 3.05) is 34.3 Å². The quantitative estimate of drug-likeness (QED) is 0.424. The van der Waals surface area contributed by atoms with Crippen LogP contribution in [0.15, 0.2) is 40.3 Å². The van der Waals surface area contributed by atoms with Crippen molar-refractivity contribution in [3.05, 3.63) is 58.0 Å². The van der Waals surface area contributed by atoms with Gasteiger partial charge < -0.3 is 24.1 Å². The van der Waals surface area contributed by atoms with E-state index in [1.165, 1.54) is 18.1 Å². The van der Waals surface area contributed by atoms with E-state index in [4.69, 9.17) is 20.8 Å². The summed E-state index contributed by atoms with van der Waals surface area (Å²) in [7, 11) is 5.41. The molecule has 0 unspecified atom stereocenters. The van der Waals surface area contributed by atoms with Crippen molar-refractivity contribution in [1.29, 1.82) is 0 Å². The molecule has 3 rings (SSSR count). The van der Waals surface area contributed by atoms with E-state index < -0.39 is 17.7 Å². The van der Waals surface area contributed by atoms with Crippen LogP contribution in [0.1, 0.15) is 23.1 Å². The van der Waals surface area contributed by atoms with Crippen molar-refractivity contribution in [2.24, 2.45) is 0 Å². The number of aliphatic hydroxyl groups is 1. The minimum atomic E-state index is -0.802. The number of nitrogens with zero attached hydrogens (tertiary/aromatic N) is 1. The van der Waals surface area contributed by atoms with Crippen LogP contribution in [0.2, 0.25) is 5.02 Å². The highest BCUT2D eigenvalue weighted by molar-refractivity contribution is 6.46. The normalized spacial score (nSPS) is 18.7. The molecule has 0 saturated carbocycles. The van der Waals surface area contributed by atoms with E-state index in [9.17, 15) is 14.7 Å². The van der Waals surface area contributed by atoms with E-state index in [-0.39, 0.29) is 16.4 Å². The van der Waals surface area contributed by atoms with Gasteiger partial charge in [0.2, 0.25) is 0 Å². The number of ketones is 1. The van der Waals surface area contributed by atoms with Crippen LogP contribution in [0.25, 0.3) is 5.76 Å². The third-order valence-electron chi connectivity index (χ3n) is 4.85. The van der Waals surface area contributed by atoms with Crippen molar-refractivity contribution >= 4 is 29.1 Å². The molecule has 7 nitrogen and oxygen atoms in total. The Balaban J connectivity index is 2.13. The standard InChI is InChI=1S/C21H23ClN2O5/c1-12-5-7-16(29-12)18-17(20(26)21(27)24(18)10-9-23(2)3)19(25)13-6-8-15(28-4)14(22)11-13/h5-8,11,18,25H,9-10H2,1-4H3/p+1/t18-/m0/s1. The van der Waals surface area contributed by atoms with E-state index in [0.717, 1.165) is 4.90 Å². The summed E-state index contributed by atoms with van der Waals surface area (Å²) in [6, 6.07) is 7.35. The van der Waals surface area contributed by atoms with E-state index in [2.05, 4.69) is 0 Å². The molecular formula is C21H24ClN2O5+. The van der Waals surface area contributed by atoms with Gasteiger partial charge in [0, 0.05) is 5.56 Å². The number of hydrogen-bond acceptors (Lipinski definition) is 5. The predicted octanol–water partition coefficient (Wildman–Crippen LogP) is 1.82. The second-order valence-electron chi connectivity index (χ2n) is 7.25. The number of quaternary nitrogens is 1. The molecule has 0 radical (unpaired) electrons. The lowest BCUT2D eigenvalue weighted by atomic mass is 9.99. The molecule has 1 amide bonds. The number of likely N-dealkylation sites (N-methyl/N-ethyl adjacent to an activating group) is 1. The number of Topliss-reactive ketones (excluding diaryl/α,β-unsaturated/α-hetero) is 1. The van der Waals surface area contributed by atoms with Crippen LogP contribution in [-0.2, 0) is 9.59 Å². The zero-order valence-corrected chi connectivity index (χ0v) is 17.5. The van der Waals surface area contributed by atoms with Gasteiger partial charge in [0.15, 0.2) is 0 Å². The number of likely N-dealkylation sites (tertiary alicyclic amines) is 1. The smallest absolute Gasteiger partial charge is 0.295 e. The number of halogens is 1. The Morgan fingerprint density at radius 1 is 1.28 bits per heavy atom. The lowest BCUT2D eigenvalue weighted by Crippen LogP contribution is -3.06. The summed E-state index contributed by atoms with van der Waals surface area (Å²) in [5.74, 6) is -0.191. The number of furan rings is 1. The van der Waals surface area contributed by atoms with Gasteiger partial charge >= 0.3 is 0 Å². The van der Waals surface area contributed by atoms with Gasteiger partial charge in [-0.2, -0.15) is 0 Å². The van der Waals surface area contributed by atoms with Crippen molar-refractivity contribution in [1.82, 2.24) is 4.90 Å². The van der Waals surface area contributed by atoms with Crippen molar-refractivity contribution in [3.8, 4) is 5.75 Å². The maximum absolute atomic E-state index is 12.9. The first-order valence-corrected chi connectivity index (χ1v) is 9.60. The molecule has 0 bridgehead atoms. The molecule has 1 saturated heterocycles. The minimum Gasteiger partial charge on any atom is -0.507 e. The molecule has 2 N–H and O–H groups in total. The average molecular weight is 420 g/mol. The number of carbonyl (C=O) groups is 2. The van der Waals surface area contributed by atoms with E-state index >= 15 is 0 Å². The number of aliphatic hydroxyl groups excluding tert-OH is 1. The first-order chi connectivity index (χ1) is 13.7. The Bertz CT molecular complexity index is 979. The zero-order chi connectivity index (χ0) is 21.3. The number of nitrogens with one attached hydrogen (secondary N) is 1. The van der Waals surface area contributed by atoms with E-state index in [1.54, 1.807) is 31.2 Å². The second-order valence-corrected chi connectivity index (χ2v) is 7.65. The minimum absolute atomic E-state index is 0.0145. The summed E-state index contributed by atoms with van der Waals surface area (Å²) >= 11 is 6.17.